The molecule has 6 nitrogen and oxygen atoms in total. The standard InChI is InChI=1S/C21H21F2N5O/c1-20(2)18(29)28(4)19(25)27-21(20,3)14-10-13(6-7-15(14)22)26-17-8-5-12(11-24)9-16(17)23/h5-10,26H,1-4H3,(H2,25,27)/t21-/m1/s1. The summed E-state index contributed by atoms with van der Waals surface area (Å²) in [4.78, 5) is 18.5. The van der Waals surface area contributed by atoms with Crippen LogP contribution >= 0.6 is 0 Å². The Morgan fingerprint density at radius 3 is 2.45 bits per heavy atom. The summed E-state index contributed by atoms with van der Waals surface area (Å²) in [5.74, 6) is -1.46. The van der Waals surface area contributed by atoms with Gasteiger partial charge in [0, 0.05) is 18.3 Å². The lowest BCUT2D eigenvalue weighted by molar-refractivity contribution is -0.140. The number of nitrogens with one attached hydrogen (secondary N) is 1. The zero-order valence-corrected chi connectivity index (χ0v) is 16.5. The third kappa shape index (κ3) is 3.18. The number of rotatable bonds is 3. The van der Waals surface area contributed by atoms with Gasteiger partial charge in [-0.25, -0.2) is 13.8 Å². The monoisotopic (exact) mass is 397 g/mol. The first-order valence-electron chi connectivity index (χ1n) is 8.91. The molecule has 0 aromatic heterocycles. The van der Waals surface area contributed by atoms with Crippen LogP contribution in [0.4, 0.5) is 20.2 Å². The minimum Gasteiger partial charge on any atom is -0.369 e. The maximum absolute atomic E-state index is 14.8. The van der Waals surface area contributed by atoms with E-state index in [4.69, 9.17) is 11.0 Å². The van der Waals surface area contributed by atoms with E-state index in [1.165, 1.54) is 42.3 Å². The van der Waals surface area contributed by atoms with Crippen molar-refractivity contribution in [3.8, 4) is 6.07 Å². The molecule has 2 aromatic carbocycles. The van der Waals surface area contributed by atoms with Crippen molar-refractivity contribution in [3.63, 3.8) is 0 Å². The van der Waals surface area contributed by atoms with Crippen molar-refractivity contribution in [3.05, 3.63) is 59.2 Å². The van der Waals surface area contributed by atoms with E-state index in [0.29, 0.717) is 5.69 Å². The lowest BCUT2D eigenvalue weighted by Gasteiger charge is -2.46. The number of benzene rings is 2. The first-order chi connectivity index (χ1) is 13.5. The van der Waals surface area contributed by atoms with Gasteiger partial charge in [-0.1, -0.05) is 0 Å². The summed E-state index contributed by atoms with van der Waals surface area (Å²) in [5, 5.41) is 11.7. The molecule has 1 aliphatic rings. The van der Waals surface area contributed by atoms with Crippen LogP contribution in [0.15, 0.2) is 41.4 Å². The van der Waals surface area contributed by atoms with Crippen molar-refractivity contribution < 1.29 is 13.6 Å². The average molecular weight is 397 g/mol. The average Bonchev–Trinajstić information content (AvgIpc) is 2.68. The topological polar surface area (TPSA) is 94.5 Å². The summed E-state index contributed by atoms with van der Waals surface area (Å²) in [5.41, 5.74) is 4.44. The minimum atomic E-state index is -1.27. The van der Waals surface area contributed by atoms with Crippen molar-refractivity contribution in [2.24, 2.45) is 16.1 Å². The van der Waals surface area contributed by atoms with Crippen LogP contribution in [0.1, 0.15) is 31.9 Å². The highest BCUT2D eigenvalue weighted by molar-refractivity contribution is 6.01. The van der Waals surface area contributed by atoms with Crippen molar-refractivity contribution >= 4 is 23.2 Å². The van der Waals surface area contributed by atoms with Gasteiger partial charge in [0.1, 0.15) is 17.2 Å². The first-order valence-corrected chi connectivity index (χ1v) is 8.91. The number of hydrogen-bond acceptors (Lipinski definition) is 5. The Morgan fingerprint density at radius 1 is 1.14 bits per heavy atom. The normalized spacial score (nSPS) is 20.8. The maximum atomic E-state index is 14.8. The molecule has 150 valence electrons. The van der Waals surface area contributed by atoms with E-state index in [9.17, 15) is 13.6 Å². The van der Waals surface area contributed by atoms with Crippen LogP contribution in [0.2, 0.25) is 0 Å². The Bertz CT molecular complexity index is 1070. The van der Waals surface area contributed by atoms with E-state index in [1.807, 2.05) is 6.07 Å². The summed E-state index contributed by atoms with van der Waals surface area (Å²) >= 11 is 0. The summed E-state index contributed by atoms with van der Waals surface area (Å²) in [6.45, 7) is 5.01. The van der Waals surface area contributed by atoms with Crippen molar-refractivity contribution in [2.45, 2.75) is 26.3 Å². The van der Waals surface area contributed by atoms with Gasteiger partial charge in [0.15, 0.2) is 5.96 Å². The summed E-state index contributed by atoms with van der Waals surface area (Å²) in [7, 11) is 1.52. The predicted molar refractivity (Wildman–Crippen MR) is 106 cm³/mol. The summed E-state index contributed by atoms with van der Waals surface area (Å²) in [6.07, 6.45) is 0. The lowest BCUT2D eigenvalue weighted by Crippen LogP contribution is -2.58. The number of carbonyl (C=O) groups is 1. The van der Waals surface area contributed by atoms with Crippen LogP contribution in [0, 0.1) is 28.4 Å². The molecule has 0 bridgehead atoms. The molecule has 8 heteroatoms. The zero-order valence-electron chi connectivity index (χ0n) is 16.5. The quantitative estimate of drug-likeness (QED) is 0.827. The molecule has 1 amide bonds. The minimum absolute atomic E-state index is 0.00674. The molecule has 1 aliphatic heterocycles. The number of aliphatic imine (C=N–C) groups is 1. The number of halogens is 2. The largest absolute Gasteiger partial charge is 0.369 e. The van der Waals surface area contributed by atoms with Gasteiger partial charge in [0.25, 0.3) is 0 Å². The van der Waals surface area contributed by atoms with Crippen LogP contribution < -0.4 is 11.1 Å². The molecule has 0 saturated heterocycles. The molecule has 0 unspecified atom stereocenters. The van der Waals surface area contributed by atoms with Crippen molar-refractivity contribution in [1.29, 1.82) is 5.26 Å². The fourth-order valence-corrected chi connectivity index (χ4v) is 3.39. The molecular weight excluding hydrogens is 376 g/mol. The van der Waals surface area contributed by atoms with E-state index in [1.54, 1.807) is 20.8 Å². The van der Waals surface area contributed by atoms with Gasteiger partial charge in [0.05, 0.1) is 22.7 Å². The Kier molecular flexibility index (Phi) is 4.79. The van der Waals surface area contributed by atoms with Crippen LogP contribution in [-0.2, 0) is 10.3 Å². The van der Waals surface area contributed by atoms with E-state index in [-0.39, 0.29) is 28.7 Å². The van der Waals surface area contributed by atoms with Crippen molar-refractivity contribution in [2.75, 3.05) is 12.4 Å². The van der Waals surface area contributed by atoms with Crippen LogP contribution in [-0.4, -0.2) is 23.8 Å². The molecule has 3 N–H and O–H groups in total. The molecule has 29 heavy (non-hydrogen) atoms. The summed E-state index contributed by atoms with van der Waals surface area (Å²) < 4.78 is 29.1. The number of anilines is 2. The Balaban J connectivity index is 2.08. The molecule has 1 atom stereocenters. The number of guanidine groups is 1. The molecule has 0 spiro atoms. The SMILES string of the molecule is CN1C(=O)C(C)(C)[C@@](C)(c2cc(Nc3ccc(C#N)cc3F)ccc2F)N=C1N. The van der Waals surface area contributed by atoms with E-state index < -0.39 is 22.6 Å². The van der Waals surface area contributed by atoms with Gasteiger partial charge < -0.3 is 11.1 Å². The number of carbonyl (C=O) groups excluding carboxylic acids is 1. The van der Waals surface area contributed by atoms with Gasteiger partial charge >= 0.3 is 0 Å². The fourth-order valence-electron chi connectivity index (χ4n) is 3.39. The third-order valence-electron chi connectivity index (χ3n) is 5.61. The third-order valence-corrected chi connectivity index (χ3v) is 5.61. The number of nitrogens with two attached hydrogens (primary N) is 1. The molecular formula is C21H21F2N5O. The number of amides is 1. The predicted octanol–water partition coefficient (Wildman–Crippen LogP) is 3.61. The highest BCUT2D eigenvalue weighted by atomic mass is 19.1. The molecule has 0 fully saturated rings. The Morgan fingerprint density at radius 2 is 1.83 bits per heavy atom. The maximum Gasteiger partial charge on any atom is 0.237 e. The molecule has 3 rings (SSSR count). The second-order valence-electron chi connectivity index (χ2n) is 7.66. The van der Waals surface area contributed by atoms with Gasteiger partial charge in [-0.3, -0.25) is 9.69 Å². The van der Waals surface area contributed by atoms with E-state index in [0.717, 1.165) is 6.07 Å². The highest BCUT2D eigenvalue weighted by Gasteiger charge is 2.53. The molecule has 0 radical (unpaired) electrons. The van der Waals surface area contributed by atoms with Gasteiger partial charge in [-0.05, 0) is 57.2 Å². The molecule has 2 aromatic rings. The van der Waals surface area contributed by atoms with Crippen LogP contribution in [0.5, 0.6) is 0 Å². The van der Waals surface area contributed by atoms with Gasteiger partial charge in [-0.2, -0.15) is 5.26 Å². The second-order valence-corrected chi connectivity index (χ2v) is 7.66. The lowest BCUT2D eigenvalue weighted by atomic mass is 9.67. The number of nitriles is 1. The van der Waals surface area contributed by atoms with Gasteiger partial charge in [-0.15, -0.1) is 0 Å². The molecule has 0 saturated carbocycles. The Labute approximate surface area is 167 Å². The number of nitrogens with zero attached hydrogens (tertiary/aromatic N) is 3. The summed E-state index contributed by atoms with van der Waals surface area (Å²) in [6, 6.07) is 10.1. The molecule has 1 heterocycles. The van der Waals surface area contributed by atoms with E-state index in [2.05, 4.69) is 10.3 Å². The Hall–Kier alpha value is -3.47. The number of hydrogen-bond donors (Lipinski definition) is 2. The first kappa shape index (κ1) is 20.3. The highest BCUT2D eigenvalue weighted by Crippen LogP contribution is 2.47. The van der Waals surface area contributed by atoms with Crippen LogP contribution in [0.25, 0.3) is 0 Å². The second kappa shape index (κ2) is 6.85. The van der Waals surface area contributed by atoms with Crippen molar-refractivity contribution in [1.82, 2.24) is 4.90 Å². The fraction of sp³-hybridized carbons (Fsp3) is 0.286. The molecule has 0 aliphatic carbocycles. The van der Waals surface area contributed by atoms with Gasteiger partial charge in [0.2, 0.25) is 5.91 Å². The van der Waals surface area contributed by atoms with Crippen LogP contribution in [0.3, 0.4) is 0 Å². The van der Waals surface area contributed by atoms with E-state index >= 15 is 0 Å². The smallest absolute Gasteiger partial charge is 0.237 e. The zero-order chi connectivity index (χ0) is 21.6.